The van der Waals surface area contributed by atoms with Gasteiger partial charge in [-0.2, -0.15) is 13.2 Å². The second-order valence-electron chi connectivity index (χ2n) is 2.09. The van der Waals surface area contributed by atoms with E-state index in [1.807, 2.05) is 0 Å². The molecule has 1 heterocycles. The Kier molecular flexibility index (Phi) is 1.34. The van der Waals surface area contributed by atoms with E-state index in [4.69, 9.17) is 0 Å². The van der Waals surface area contributed by atoms with Crippen molar-refractivity contribution in [3.63, 3.8) is 0 Å². The zero-order valence-corrected chi connectivity index (χ0v) is 5.66. The summed E-state index contributed by atoms with van der Waals surface area (Å²) >= 11 is 0. The second kappa shape index (κ2) is 1.71. The largest absolute Gasteiger partial charge is 0.412 e. The molecule has 0 aromatic rings. The summed E-state index contributed by atoms with van der Waals surface area (Å²) in [5.74, 6) is 0. The van der Waals surface area contributed by atoms with Crippen molar-refractivity contribution in [2.24, 2.45) is 0 Å². The molecule has 1 aliphatic heterocycles. The Hall–Kier alpha value is -0.0731. The molecule has 0 radical (unpaired) electrons. The standard InChI is InChI=1S/C3H5F3O2Si/c1-9(7-8-9)2-3(4,5)6/h2H2,1H3. The summed E-state index contributed by atoms with van der Waals surface area (Å²) < 4.78 is 42.8. The highest BCUT2D eigenvalue weighted by Gasteiger charge is 2.56. The first kappa shape index (κ1) is 7.04. The zero-order valence-electron chi connectivity index (χ0n) is 4.66. The summed E-state index contributed by atoms with van der Waals surface area (Å²) in [6, 6.07) is -0.903. The molecule has 0 saturated carbocycles. The van der Waals surface area contributed by atoms with E-state index in [0.717, 1.165) is 0 Å². The monoisotopic (exact) mass is 158 g/mol. The molecule has 0 bridgehead atoms. The zero-order chi connectivity index (χ0) is 7.12. The highest BCUT2D eigenvalue weighted by atomic mass is 28.4. The SMILES string of the molecule is C[Si]1(CC(F)(F)F)OO1. The highest BCUT2D eigenvalue weighted by molar-refractivity contribution is 6.71. The second-order valence-corrected chi connectivity index (χ2v) is 5.05. The molecule has 2 nitrogen and oxygen atoms in total. The fourth-order valence-corrected chi connectivity index (χ4v) is 1.91. The molecule has 0 amide bonds. The van der Waals surface area contributed by atoms with Gasteiger partial charge in [-0.3, -0.25) is 9.15 Å². The topological polar surface area (TPSA) is 25.1 Å². The maximum atomic E-state index is 11.5. The molecule has 1 saturated heterocycles. The van der Waals surface area contributed by atoms with E-state index in [1.54, 1.807) is 0 Å². The number of hydrogen-bond acceptors (Lipinski definition) is 2. The summed E-state index contributed by atoms with van der Waals surface area (Å²) in [5, 5.41) is 0. The summed E-state index contributed by atoms with van der Waals surface area (Å²) in [4.78, 5) is 0. The molecule has 0 atom stereocenters. The van der Waals surface area contributed by atoms with Crippen LogP contribution in [0.15, 0.2) is 0 Å². The van der Waals surface area contributed by atoms with Crippen LogP contribution in [0.1, 0.15) is 0 Å². The van der Waals surface area contributed by atoms with Crippen LogP contribution in [-0.2, 0) is 9.15 Å². The van der Waals surface area contributed by atoms with Gasteiger partial charge in [0.1, 0.15) is 0 Å². The lowest BCUT2D eigenvalue weighted by Crippen LogP contribution is -2.21. The van der Waals surface area contributed by atoms with E-state index in [0.29, 0.717) is 0 Å². The first-order chi connectivity index (χ1) is 3.91. The molecule has 0 aromatic heterocycles. The van der Waals surface area contributed by atoms with Crippen molar-refractivity contribution in [3.05, 3.63) is 0 Å². The van der Waals surface area contributed by atoms with Crippen LogP contribution in [0, 0.1) is 0 Å². The number of hydrogen-bond donors (Lipinski definition) is 0. The van der Waals surface area contributed by atoms with Gasteiger partial charge in [0.05, 0.1) is 6.04 Å². The van der Waals surface area contributed by atoms with Gasteiger partial charge in [0.2, 0.25) is 0 Å². The van der Waals surface area contributed by atoms with Gasteiger partial charge in [-0.1, -0.05) is 0 Å². The van der Waals surface area contributed by atoms with Crippen molar-refractivity contribution >= 4 is 8.56 Å². The third kappa shape index (κ3) is 2.33. The fourth-order valence-electron chi connectivity index (χ4n) is 0.494. The Morgan fingerprint density at radius 1 is 1.33 bits per heavy atom. The molecule has 0 unspecified atom stereocenters. The first-order valence-electron chi connectivity index (χ1n) is 2.35. The van der Waals surface area contributed by atoms with Gasteiger partial charge < -0.3 is 0 Å². The molecule has 54 valence electrons. The summed E-state index contributed by atoms with van der Waals surface area (Å²) in [6.07, 6.45) is -4.14. The Morgan fingerprint density at radius 3 is 1.89 bits per heavy atom. The first-order valence-corrected chi connectivity index (χ1v) is 4.87. The van der Waals surface area contributed by atoms with E-state index in [-0.39, 0.29) is 0 Å². The van der Waals surface area contributed by atoms with E-state index >= 15 is 0 Å². The Morgan fingerprint density at radius 2 is 1.78 bits per heavy atom. The Bertz CT molecular complexity index is 115. The summed E-state index contributed by atoms with van der Waals surface area (Å²) in [6.45, 7) is 1.38. The lowest BCUT2D eigenvalue weighted by Gasteiger charge is -2.02. The van der Waals surface area contributed by atoms with Gasteiger partial charge >= 0.3 is 14.7 Å². The molecule has 0 aliphatic carbocycles. The maximum absolute atomic E-state index is 11.5. The predicted octanol–water partition coefficient (Wildman–Crippen LogP) is 1.58. The third-order valence-corrected chi connectivity index (χ3v) is 2.67. The van der Waals surface area contributed by atoms with Gasteiger partial charge in [-0.15, -0.1) is 0 Å². The van der Waals surface area contributed by atoms with Crippen molar-refractivity contribution in [2.45, 2.75) is 18.8 Å². The van der Waals surface area contributed by atoms with E-state index in [9.17, 15) is 13.2 Å². The molecule has 0 spiro atoms. The van der Waals surface area contributed by atoms with Gasteiger partial charge in [-0.25, -0.2) is 0 Å². The maximum Gasteiger partial charge on any atom is 0.412 e. The van der Waals surface area contributed by atoms with Crippen molar-refractivity contribution < 1.29 is 22.3 Å². The van der Waals surface area contributed by atoms with Gasteiger partial charge in [-0.05, 0) is 6.55 Å². The van der Waals surface area contributed by atoms with Crippen LogP contribution in [-0.4, -0.2) is 14.7 Å². The quantitative estimate of drug-likeness (QED) is 0.329. The van der Waals surface area contributed by atoms with E-state index in [1.165, 1.54) is 6.55 Å². The molecular weight excluding hydrogens is 153 g/mol. The smallest absolute Gasteiger partial charge is 0.257 e. The predicted molar refractivity (Wildman–Crippen MR) is 24.6 cm³/mol. The Balaban J connectivity index is 2.33. The van der Waals surface area contributed by atoms with Crippen LogP contribution < -0.4 is 0 Å². The van der Waals surface area contributed by atoms with Crippen LogP contribution in [0.3, 0.4) is 0 Å². The van der Waals surface area contributed by atoms with Crippen LogP contribution in [0.25, 0.3) is 0 Å². The van der Waals surface area contributed by atoms with E-state index in [2.05, 4.69) is 9.15 Å². The summed E-state index contributed by atoms with van der Waals surface area (Å²) in [5.41, 5.74) is 0. The molecular formula is C3H5F3O2Si. The van der Waals surface area contributed by atoms with Gasteiger partial charge in [0.25, 0.3) is 0 Å². The van der Waals surface area contributed by atoms with Crippen molar-refractivity contribution in [2.75, 3.05) is 0 Å². The molecule has 0 aromatic carbocycles. The summed E-state index contributed by atoms with van der Waals surface area (Å²) in [7, 11) is -2.67. The molecule has 1 aliphatic rings. The van der Waals surface area contributed by atoms with Gasteiger partial charge in [0.15, 0.2) is 0 Å². The molecule has 9 heavy (non-hydrogen) atoms. The average molecular weight is 158 g/mol. The average Bonchev–Trinajstić information content (AvgIpc) is 2.12. The van der Waals surface area contributed by atoms with Crippen molar-refractivity contribution in [1.29, 1.82) is 0 Å². The van der Waals surface area contributed by atoms with Crippen LogP contribution in [0.2, 0.25) is 12.6 Å². The van der Waals surface area contributed by atoms with Crippen LogP contribution in [0.5, 0.6) is 0 Å². The van der Waals surface area contributed by atoms with E-state index < -0.39 is 20.8 Å². The van der Waals surface area contributed by atoms with Crippen molar-refractivity contribution in [1.82, 2.24) is 0 Å². The van der Waals surface area contributed by atoms with Gasteiger partial charge in [0, 0.05) is 0 Å². The number of alkyl halides is 3. The van der Waals surface area contributed by atoms with Crippen molar-refractivity contribution in [3.8, 4) is 0 Å². The molecule has 1 fully saturated rings. The molecule has 6 heteroatoms. The van der Waals surface area contributed by atoms with Crippen LogP contribution in [0.4, 0.5) is 13.2 Å². The lowest BCUT2D eigenvalue weighted by atomic mass is 10.8. The third-order valence-electron chi connectivity index (χ3n) is 0.889. The van der Waals surface area contributed by atoms with Crippen LogP contribution >= 0.6 is 0 Å². The number of halogens is 3. The highest BCUT2D eigenvalue weighted by Crippen LogP contribution is 2.36. The number of rotatable bonds is 1. The fraction of sp³-hybridized carbons (Fsp3) is 1.00. The minimum atomic E-state index is -4.14. The normalized spacial score (nSPS) is 24.0. The minimum Gasteiger partial charge on any atom is -0.257 e. The Labute approximate surface area is 50.7 Å². The minimum absolute atomic E-state index is 0.903. The molecule has 0 N–H and O–H groups in total. The lowest BCUT2D eigenvalue weighted by molar-refractivity contribution is -0.111. The molecule has 1 rings (SSSR count).